The first-order valence-corrected chi connectivity index (χ1v) is 10.4. The van der Waals surface area contributed by atoms with Crippen molar-refractivity contribution >= 4 is 6.09 Å². The maximum Gasteiger partial charge on any atom is 0.416 e. The van der Waals surface area contributed by atoms with Gasteiger partial charge in [0.15, 0.2) is 0 Å². The quantitative estimate of drug-likeness (QED) is 0.468. The Morgan fingerprint density at radius 2 is 1.84 bits per heavy atom. The summed E-state index contributed by atoms with van der Waals surface area (Å²) in [7, 11) is 1.72. The van der Waals surface area contributed by atoms with Gasteiger partial charge in [-0.3, -0.25) is 0 Å². The summed E-state index contributed by atoms with van der Waals surface area (Å²) in [5.41, 5.74) is 3.53. The van der Waals surface area contributed by atoms with Crippen molar-refractivity contribution in [3.63, 3.8) is 0 Å². The Kier molecular flexibility index (Phi) is 6.77. The highest BCUT2D eigenvalue weighted by Gasteiger charge is 2.37. The Bertz CT molecular complexity index is 937. The van der Waals surface area contributed by atoms with E-state index in [-0.39, 0.29) is 24.5 Å². The molecule has 0 bridgehead atoms. The molecule has 1 aliphatic rings. The molecule has 3 nitrogen and oxygen atoms in total. The Balaban J connectivity index is 1.84. The first-order chi connectivity index (χ1) is 14.6. The topological polar surface area (TPSA) is 29.5 Å². The van der Waals surface area contributed by atoms with Crippen molar-refractivity contribution in [3.8, 4) is 11.1 Å². The molecule has 166 valence electrons. The van der Waals surface area contributed by atoms with Crippen LogP contribution in [-0.2, 0) is 10.9 Å². The molecule has 0 fully saturated rings. The molecule has 0 aromatic heterocycles. The minimum Gasteiger partial charge on any atom is -0.445 e. The van der Waals surface area contributed by atoms with Gasteiger partial charge in [-0.05, 0) is 58.6 Å². The number of fused-ring (bicyclic) bond motifs is 1. The lowest BCUT2D eigenvalue weighted by molar-refractivity contribution is -0.137. The van der Waals surface area contributed by atoms with Crippen molar-refractivity contribution in [1.82, 2.24) is 4.90 Å². The average molecular weight is 431 g/mol. The first-order valence-electron chi connectivity index (χ1n) is 10.4. The van der Waals surface area contributed by atoms with Gasteiger partial charge in [0.05, 0.1) is 5.56 Å². The molecule has 2 unspecified atom stereocenters. The number of nitrogens with zero attached hydrogens (tertiary/aromatic N) is 1. The number of hydrogen-bond donors (Lipinski definition) is 0. The minimum absolute atomic E-state index is 0.180. The molecule has 6 heteroatoms. The summed E-state index contributed by atoms with van der Waals surface area (Å²) in [6.07, 6.45) is -2.40. The number of amides is 1. The van der Waals surface area contributed by atoms with E-state index in [1.54, 1.807) is 24.1 Å². The molecular weight excluding hydrogens is 403 g/mol. The number of benzene rings is 2. The summed E-state index contributed by atoms with van der Waals surface area (Å²) in [5, 5.41) is 0. The number of halogens is 3. The van der Waals surface area contributed by atoms with E-state index in [1.165, 1.54) is 17.2 Å². The van der Waals surface area contributed by atoms with E-state index in [0.717, 1.165) is 29.7 Å². The zero-order valence-electron chi connectivity index (χ0n) is 18.1. The van der Waals surface area contributed by atoms with Crippen LogP contribution in [0, 0.1) is 5.92 Å². The van der Waals surface area contributed by atoms with E-state index in [2.05, 4.69) is 26.5 Å². The summed E-state index contributed by atoms with van der Waals surface area (Å²) in [6.45, 7) is 8.64. The molecule has 2 aromatic carbocycles. The van der Waals surface area contributed by atoms with Crippen molar-refractivity contribution in [2.75, 3.05) is 20.2 Å². The minimum atomic E-state index is -4.34. The van der Waals surface area contributed by atoms with Crippen LogP contribution in [0.1, 0.15) is 48.8 Å². The lowest BCUT2D eigenvalue weighted by Gasteiger charge is -2.23. The number of rotatable bonds is 6. The van der Waals surface area contributed by atoms with Crippen LogP contribution in [0.2, 0.25) is 0 Å². The fourth-order valence-electron chi connectivity index (χ4n) is 4.48. The molecule has 3 rings (SSSR count). The van der Waals surface area contributed by atoms with Crippen molar-refractivity contribution in [2.24, 2.45) is 5.92 Å². The molecule has 1 aliphatic carbocycles. The maximum atomic E-state index is 12.9. The van der Waals surface area contributed by atoms with E-state index in [0.29, 0.717) is 12.5 Å². The number of carbonyl (C=O) groups is 1. The van der Waals surface area contributed by atoms with Crippen LogP contribution in [0.4, 0.5) is 18.0 Å². The van der Waals surface area contributed by atoms with E-state index in [4.69, 9.17) is 4.74 Å². The molecule has 0 saturated carbocycles. The van der Waals surface area contributed by atoms with Crippen LogP contribution in [0.5, 0.6) is 0 Å². The van der Waals surface area contributed by atoms with Crippen LogP contribution in [0.3, 0.4) is 0 Å². The highest BCUT2D eigenvalue weighted by molar-refractivity contribution is 5.71. The van der Waals surface area contributed by atoms with Gasteiger partial charge in [-0.25, -0.2) is 4.79 Å². The monoisotopic (exact) mass is 431 g/mol. The third-order valence-corrected chi connectivity index (χ3v) is 6.35. The highest BCUT2D eigenvalue weighted by atomic mass is 19.4. The summed E-state index contributed by atoms with van der Waals surface area (Å²) < 4.78 is 43.9. The van der Waals surface area contributed by atoms with Gasteiger partial charge in [-0.15, -0.1) is 0 Å². The van der Waals surface area contributed by atoms with Gasteiger partial charge in [0.1, 0.15) is 6.61 Å². The molecule has 0 spiro atoms. The number of hydrogen-bond acceptors (Lipinski definition) is 2. The Labute approximate surface area is 181 Å². The van der Waals surface area contributed by atoms with Crippen LogP contribution in [0.25, 0.3) is 11.1 Å². The van der Waals surface area contributed by atoms with Crippen molar-refractivity contribution in [3.05, 3.63) is 71.8 Å². The molecule has 0 N–H and O–H groups in total. The van der Waals surface area contributed by atoms with Gasteiger partial charge >= 0.3 is 12.3 Å². The number of carbonyl (C=O) groups excluding carboxylic acids is 1. The largest absolute Gasteiger partial charge is 0.445 e. The summed E-state index contributed by atoms with van der Waals surface area (Å²) >= 11 is 0. The standard InChI is InChI=1S/C25H28F3NO2/c1-5-15-31-24(30)29(4)14-13-20-16(2)17(3)23-21(7-6-8-22(20)23)18-9-11-19(12-10-18)25(26,27)28/h5-12,16-17,20H,1,13-15H2,2-4H3/t16-,17?,20?/m1/s1. The van der Waals surface area contributed by atoms with Gasteiger partial charge in [0.25, 0.3) is 0 Å². The van der Waals surface area contributed by atoms with Gasteiger partial charge in [0.2, 0.25) is 0 Å². The fraction of sp³-hybridized carbons (Fsp3) is 0.400. The summed E-state index contributed by atoms with van der Waals surface area (Å²) in [4.78, 5) is 13.6. The Morgan fingerprint density at radius 3 is 2.45 bits per heavy atom. The Hall–Kier alpha value is -2.76. The maximum absolute atomic E-state index is 12.9. The highest BCUT2D eigenvalue weighted by Crippen LogP contribution is 2.51. The van der Waals surface area contributed by atoms with E-state index >= 15 is 0 Å². The van der Waals surface area contributed by atoms with E-state index in [9.17, 15) is 18.0 Å². The number of ether oxygens (including phenoxy) is 1. The fourth-order valence-corrected chi connectivity index (χ4v) is 4.48. The van der Waals surface area contributed by atoms with Crippen LogP contribution >= 0.6 is 0 Å². The lowest BCUT2D eigenvalue weighted by Crippen LogP contribution is -2.29. The van der Waals surface area contributed by atoms with Crippen LogP contribution in [-0.4, -0.2) is 31.2 Å². The molecule has 0 heterocycles. The smallest absolute Gasteiger partial charge is 0.416 e. The molecule has 1 amide bonds. The molecule has 0 saturated heterocycles. The molecule has 0 radical (unpaired) electrons. The van der Waals surface area contributed by atoms with E-state index < -0.39 is 11.7 Å². The molecule has 0 aliphatic heterocycles. The van der Waals surface area contributed by atoms with Gasteiger partial charge in [-0.1, -0.05) is 56.8 Å². The second-order valence-corrected chi connectivity index (χ2v) is 8.21. The predicted molar refractivity (Wildman–Crippen MR) is 116 cm³/mol. The van der Waals surface area contributed by atoms with Crippen molar-refractivity contribution < 1.29 is 22.7 Å². The third kappa shape index (κ3) is 4.78. The van der Waals surface area contributed by atoms with Gasteiger partial charge in [0, 0.05) is 13.6 Å². The second kappa shape index (κ2) is 9.16. The third-order valence-electron chi connectivity index (χ3n) is 6.35. The predicted octanol–water partition coefficient (Wildman–Crippen LogP) is 6.85. The van der Waals surface area contributed by atoms with Crippen molar-refractivity contribution in [1.29, 1.82) is 0 Å². The second-order valence-electron chi connectivity index (χ2n) is 8.21. The SMILES string of the molecule is C=CCOC(=O)N(C)CCC1c2cccc(-c3ccc(C(F)(F)F)cc3)c2C(C)[C@H]1C. The summed E-state index contributed by atoms with van der Waals surface area (Å²) in [6, 6.07) is 11.4. The van der Waals surface area contributed by atoms with Crippen LogP contribution < -0.4 is 0 Å². The molecular formula is C25H28F3NO2. The van der Waals surface area contributed by atoms with Crippen molar-refractivity contribution in [2.45, 2.75) is 38.3 Å². The lowest BCUT2D eigenvalue weighted by atomic mass is 9.87. The van der Waals surface area contributed by atoms with Gasteiger partial charge in [-0.2, -0.15) is 13.2 Å². The van der Waals surface area contributed by atoms with Crippen LogP contribution in [0.15, 0.2) is 55.1 Å². The molecule has 31 heavy (non-hydrogen) atoms. The zero-order valence-corrected chi connectivity index (χ0v) is 18.1. The molecule has 2 aromatic rings. The zero-order chi connectivity index (χ0) is 22.8. The molecule has 3 atom stereocenters. The van der Waals surface area contributed by atoms with Gasteiger partial charge < -0.3 is 9.64 Å². The normalized spacial score (nSPS) is 20.3. The van der Waals surface area contributed by atoms with E-state index in [1.807, 2.05) is 12.1 Å². The Morgan fingerprint density at radius 1 is 1.16 bits per heavy atom. The first kappa shape index (κ1) is 22.9. The average Bonchev–Trinajstić information content (AvgIpc) is 2.99. The number of alkyl halides is 3. The summed E-state index contributed by atoms with van der Waals surface area (Å²) in [5.74, 6) is 0.869.